The van der Waals surface area contributed by atoms with Crippen molar-refractivity contribution in [2.24, 2.45) is 0 Å². The first-order chi connectivity index (χ1) is 10.9. The maximum atomic E-state index is 12.5. The first-order valence-corrected chi connectivity index (χ1v) is 7.62. The third-order valence-corrected chi connectivity index (χ3v) is 4.15. The molecule has 0 saturated heterocycles. The van der Waals surface area contributed by atoms with E-state index in [1.54, 1.807) is 13.0 Å². The first-order valence-electron chi connectivity index (χ1n) is 7.62. The van der Waals surface area contributed by atoms with Crippen molar-refractivity contribution in [3.63, 3.8) is 0 Å². The van der Waals surface area contributed by atoms with Crippen LogP contribution >= 0.6 is 0 Å². The van der Waals surface area contributed by atoms with Crippen LogP contribution in [0, 0.1) is 6.92 Å². The molecule has 0 spiro atoms. The number of esters is 2. The molecule has 1 atom stereocenters. The van der Waals surface area contributed by atoms with Gasteiger partial charge in [0.2, 0.25) is 0 Å². The summed E-state index contributed by atoms with van der Waals surface area (Å²) in [5.74, 6) is -0.787. The Morgan fingerprint density at radius 3 is 2.70 bits per heavy atom. The number of hydrogen-bond donors (Lipinski definition) is 1. The minimum atomic E-state index is -0.452. The molecule has 0 fully saturated rings. The Morgan fingerprint density at radius 1 is 1.26 bits per heavy atom. The third kappa shape index (κ3) is 2.42. The van der Waals surface area contributed by atoms with E-state index in [9.17, 15) is 9.59 Å². The van der Waals surface area contributed by atoms with Crippen LogP contribution in [-0.2, 0) is 14.3 Å². The highest BCUT2D eigenvalue weighted by Crippen LogP contribution is 2.46. The summed E-state index contributed by atoms with van der Waals surface area (Å²) in [5.41, 5.74) is 4.21. The fourth-order valence-corrected chi connectivity index (χ4v) is 3.20. The van der Waals surface area contributed by atoms with Crippen LogP contribution in [0.25, 0.3) is 0 Å². The molecule has 5 heteroatoms. The summed E-state index contributed by atoms with van der Waals surface area (Å²) < 4.78 is 10.6. The normalized spacial score (nSPS) is 19.7. The molecule has 1 N–H and O–H groups in total. The predicted octanol–water partition coefficient (Wildman–Crippen LogP) is 2.71. The van der Waals surface area contributed by atoms with Crippen molar-refractivity contribution in [1.29, 1.82) is 0 Å². The summed E-state index contributed by atoms with van der Waals surface area (Å²) in [6.07, 6.45) is 0. The monoisotopic (exact) mass is 313 g/mol. The van der Waals surface area contributed by atoms with Gasteiger partial charge in [0.05, 0.1) is 23.7 Å². The standard InChI is InChI=1S/C18H19NO4/c1-5-22-17(20)14-10(3)19-11(4)15-16(14)12-8-9(2)6-7-13(12)23-18(15)21/h6-8,16,19H,5H2,1-4H3. The maximum absolute atomic E-state index is 12.5. The summed E-state index contributed by atoms with van der Waals surface area (Å²) in [5, 5.41) is 3.10. The molecule has 0 saturated carbocycles. The van der Waals surface area contributed by atoms with Gasteiger partial charge in [-0.3, -0.25) is 0 Å². The molecule has 0 aliphatic carbocycles. The van der Waals surface area contributed by atoms with E-state index in [0.29, 0.717) is 28.3 Å². The molecule has 1 unspecified atom stereocenters. The number of dihydropyridines is 1. The maximum Gasteiger partial charge on any atom is 0.342 e. The Bertz CT molecular complexity index is 773. The summed E-state index contributed by atoms with van der Waals surface area (Å²) in [6, 6.07) is 5.61. The van der Waals surface area contributed by atoms with Crippen molar-refractivity contribution in [3.05, 3.63) is 51.9 Å². The molecule has 2 heterocycles. The van der Waals surface area contributed by atoms with Gasteiger partial charge in [-0.15, -0.1) is 0 Å². The molecule has 120 valence electrons. The second kappa shape index (κ2) is 5.57. The van der Waals surface area contributed by atoms with Gasteiger partial charge in [-0.05, 0) is 33.8 Å². The Kier molecular flexibility index (Phi) is 3.72. The Morgan fingerprint density at radius 2 is 2.00 bits per heavy atom. The minimum absolute atomic E-state index is 0.283. The average molecular weight is 313 g/mol. The number of carbonyl (C=O) groups is 2. The van der Waals surface area contributed by atoms with Crippen molar-refractivity contribution >= 4 is 11.9 Å². The molecule has 0 aromatic heterocycles. The zero-order valence-electron chi connectivity index (χ0n) is 13.6. The zero-order valence-corrected chi connectivity index (χ0v) is 13.6. The lowest BCUT2D eigenvalue weighted by molar-refractivity contribution is -0.139. The predicted molar refractivity (Wildman–Crippen MR) is 84.7 cm³/mol. The molecule has 0 radical (unpaired) electrons. The lowest BCUT2D eigenvalue weighted by Crippen LogP contribution is -2.36. The van der Waals surface area contributed by atoms with E-state index in [0.717, 1.165) is 11.1 Å². The molecular weight excluding hydrogens is 294 g/mol. The molecule has 2 aliphatic heterocycles. The van der Waals surface area contributed by atoms with Gasteiger partial charge in [0, 0.05) is 17.0 Å². The second-order valence-electron chi connectivity index (χ2n) is 5.79. The van der Waals surface area contributed by atoms with Crippen molar-refractivity contribution in [1.82, 2.24) is 5.32 Å². The molecule has 0 amide bonds. The van der Waals surface area contributed by atoms with Gasteiger partial charge in [0.1, 0.15) is 5.75 Å². The number of fused-ring (bicyclic) bond motifs is 3. The van der Waals surface area contributed by atoms with E-state index >= 15 is 0 Å². The van der Waals surface area contributed by atoms with E-state index in [2.05, 4.69) is 5.32 Å². The molecular formula is C18H19NO4. The Labute approximate surface area is 135 Å². The number of aryl methyl sites for hydroxylation is 1. The molecule has 1 aromatic carbocycles. The Balaban J connectivity index is 2.23. The van der Waals surface area contributed by atoms with Crippen LogP contribution in [0.1, 0.15) is 37.8 Å². The van der Waals surface area contributed by atoms with Crippen LogP contribution in [0.2, 0.25) is 0 Å². The van der Waals surface area contributed by atoms with Gasteiger partial charge < -0.3 is 14.8 Å². The topological polar surface area (TPSA) is 64.6 Å². The zero-order chi connectivity index (χ0) is 16.7. The van der Waals surface area contributed by atoms with Crippen molar-refractivity contribution < 1.29 is 19.1 Å². The van der Waals surface area contributed by atoms with Crippen LogP contribution in [0.15, 0.2) is 40.7 Å². The van der Waals surface area contributed by atoms with Gasteiger partial charge in [-0.1, -0.05) is 17.7 Å². The van der Waals surface area contributed by atoms with Crippen molar-refractivity contribution in [3.8, 4) is 5.75 Å². The van der Waals surface area contributed by atoms with Gasteiger partial charge in [0.15, 0.2) is 0 Å². The number of nitrogens with one attached hydrogen (secondary N) is 1. The van der Waals surface area contributed by atoms with Crippen LogP contribution < -0.4 is 10.1 Å². The molecule has 5 nitrogen and oxygen atoms in total. The van der Waals surface area contributed by atoms with Crippen LogP contribution in [-0.4, -0.2) is 18.5 Å². The van der Waals surface area contributed by atoms with E-state index in [-0.39, 0.29) is 6.61 Å². The largest absolute Gasteiger partial charge is 0.463 e. The SMILES string of the molecule is CCOC(=O)C1=C(C)NC(C)=C2C(=O)Oc3ccc(C)cc3C12. The molecule has 23 heavy (non-hydrogen) atoms. The lowest BCUT2D eigenvalue weighted by atomic mass is 9.78. The smallest absolute Gasteiger partial charge is 0.342 e. The average Bonchev–Trinajstić information content (AvgIpc) is 2.47. The molecule has 0 bridgehead atoms. The van der Waals surface area contributed by atoms with Gasteiger partial charge in [-0.2, -0.15) is 0 Å². The van der Waals surface area contributed by atoms with E-state index < -0.39 is 17.9 Å². The molecule has 2 aliphatic rings. The van der Waals surface area contributed by atoms with Crippen LogP contribution in [0.3, 0.4) is 0 Å². The van der Waals surface area contributed by atoms with Crippen molar-refractivity contribution in [2.75, 3.05) is 6.61 Å². The first kappa shape index (κ1) is 15.3. The summed E-state index contributed by atoms with van der Waals surface area (Å²) in [7, 11) is 0. The van der Waals surface area contributed by atoms with Gasteiger partial charge in [0.25, 0.3) is 0 Å². The highest BCUT2D eigenvalue weighted by molar-refractivity contribution is 6.02. The minimum Gasteiger partial charge on any atom is -0.463 e. The summed E-state index contributed by atoms with van der Waals surface area (Å²) in [6.45, 7) is 7.65. The summed E-state index contributed by atoms with van der Waals surface area (Å²) in [4.78, 5) is 24.9. The van der Waals surface area contributed by atoms with E-state index in [1.807, 2.05) is 32.9 Å². The number of carbonyl (C=O) groups excluding carboxylic acids is 2. The third-order valence-electron chi connectivity index (χ3n) is 4.15. The number of rotatable bonds is 2. The molecule has 1 aromatic rings. The number of ether oxygens (including phenoxy) is 2. The Hall–Kier alpha value is -2.56. The molecule has 3 rings (SSSR count). The van der Waals surface area contributed by atoms with Gasteiger partial charge in [-0.25, -0.2) is 9.59 Å². The number of allylic oxidation sites excluding steroid dienone is 2. The highest BCUT2D eigenvalue weighted by atomic mass is 16.5. The second-order valence-corrected chi connectivity index (χ2v) is 5.79. The number of benzene rings is 1. The van der Waals surface area contributed by atoms with E-state index in [1.165, 1.54) is 0 Å². The quantitative estimate of drug-likeness (QED) is 0.672. The van der Waals surface area contributed by atoms with Crippen LogP contribution in [0.4, 0.5) is 0 Å². The number of hydrogen-bond acceptors (Lipinski definition) is 5. The van der Waals surface area contributed by atoms with Crippen molar-refractivity contribution in [2.45, 2.75) is 33.6 Å². The summed E-state index contributed by atoms with van der Waals surface area (Å²) >= 11 is 0. The fraction of sp³-hybridized carbons (Fsp3) is 0.333. The highest BCUT2D eigenvalue weighted by Gasteiger charge is 2.42. The lowest BCUT2D eigenvalue weighted by Gasteiger charge is -2.34. The van der Waals surface area contributed by atoms with E-state index in [4.69, 9.17) is 9.47 Å². The van der Waals surface area contributed by atoms with Crippen LogP contribution in [0.5, 0.6) is 5.75 Å². The fourth-order valence-electron chi connectivity index (χ4n) is 3.20. The van der Waals surface area contributed by atoms with Gasteiger partial charge >= 0.3 is 11.9 Å².